The summed E-state index contributed by atoms with van der Waals surface area (Å²) in [5, 5.41) is 13.3. The molecule has 0 bridgehead atoms. The molecule has 12 heteroatoms. The first-order chi connectivity index (χ1) is 19.1. The quantitative estimate of drug-likeness (QED) is 0.112. The van der Waals surface area contributed by atoms with E-state index in [1.165, 1.54) is 11.6 Å². The molecule has 0 saturated carbocycles. The van der Waals surface area contributed by atoms with Crippen molar-refractivity contribution in [2.24, 2.45) is 5.73 Å². The van der Waals surface area contributed by atoms with Crippen molar-refractivity contribution in [3.8, 4) is 0 Å². The second-order valence-corrected chi connectivity index (χ2v) is 8.56. The van der Waals surface area contributed by atoms with Crippen molar-refractivity contribution in [2.75, 3.05) is 77.9 Å². The predicted molar refractivity (Wildman–Crippen MR) is 145 cm³/mol. The maximum atomic E-state index is 12.1. The SMILES string of the molecule is NCCOCCOCCOCCOCCOCCCCCCc1ccc(NC(=O)c2ccc([N+](=O)[O-])o2)cc1. The molecule has 39 heavy (non-hydrogen) atoms. The van der Waals surface area contributed by atoms with Crippen LogP contribution in [0, 0.1) is 10.1 Å². The first-order valence-corrected chi connectivity index (χ1v) is 13.3. The number of furan rings is 1. The lowest BCUT2D eigenvalue weighted by Gasteiger charge is -2.08. The van der Waals surface area contributed by atoms with Crippen LogP contribution >= 0.6 is 0 Å². The van der Waals surface area contributed by atoms with Crippen LogP contribution in [0.1, 0.15) is 41.8 Å². The number of anilines is 1. The van der Waals surface area contributed by atoms with Gasteiger partial charge >= 0.3 is 5.88 Å². The average molecular weight is 552 g/mol. The van der Waals surface area contributed by atoms with Gasteiger partial charge in [-0.3, -0.25) is 14.9 Å². The average Bonchev–Trinajstić information content (AvgIpc) is 3.44. The monoisotopic (exact) mass is 551 g/mol. The van der Waals surface area contributed by atoms with Crippen LogP contribution in [0.4, 0.5) is 11.6 Å². The van der Waals surface area contributed by atoms with Gasteiger partial charge < -0.3 is 39.2 Å². The maximum absolute atomic E-state index is 12.1. The van der Waals surface area contributed by atoms with E-state index in [0.717, 1.165) is 44.8 Å². The summed E-state index contributed by atoms with van der Waals surface area (Å²) in [7, 11) is 0. The van der Waals surface area contributed by atoms with Crippen molar-refractivity contribution in [3.63, 3.8) is 0 Å². The predicted octanol–water partition coefficient (Wildman–Crippen LogP) is 3.58. The van der Waals surface area contributed by atoms with Crippen LogP contribution in [-0.4, -0.2) is 83.4 Å². The molecule has 1 aromatic carbocycles. The number of nitrogens with one attached hydrogen (secondary N) is 1. The van der Waals surface area contributed by atoms with Gasteiger partial charge in [0.15, 0.2) is 5.76 Å². The van der Waals surface area contributed by atoms with Crippen molar-refractivity contribution in [1.29, 1.82) is 0 Å². The fraction of sp³-hybridized carbons (Fsp3) is 0.593. The molecule has 0 aliphatic heterocycles. The van der Waals surface area contributed by atoms with Gasteiger partial charge in [-0.05, 0) is 43.0 Å². The topological polar surface area (TPSA) is 158 Å². The van der Waals surface area contributed by atoms with Crippen LogP contribution in [0.2, 0.25) is 0 Å². The number of ether oxygens (including phenoxy) is 5. The number of hydrogen-bond donors (Lipinski definition) is 2. The molecule has 2 aromatic rings. The lowest BCUT2D eigenvalue weighted by molar-refractivity contribution is -0.402. The maximum Gasteiger partial charge on any atom is 0.433 e. The minimum absolute atomic E-state index is 0.105. The summed E-state index contributed by atoms with van der Waals surface area (Å²) in [6.07, 6.45) is 5.23. The number of unbranched alkanes of at least 4 members (excludes halogenated alkanes) is 3. The Kier molecular flexibility index (Phi) is 17.4. The van der Waals surface area contributed by atoms with Crippen LogP contribution in [0.15, 0.2) is 40.8 Å². The Balaban J connectivity index is 1.36. The van der Waals surface area contributed by atoms with Gasteiger partial charge in [0, 0.05) is 18.8 Å². The normalized spacial score (nSPS) is 11.1. The molecule has 1 aromatic heterocycles. The molecular weight excluding hydrogens is 510 g/mol. The molecule has 0 saturated heterocycles. The lowest BCUT2D eigenvalue weighted by atomic mass is 10.1. The van der Waals surface area contributed by atoms with Crippen molar-refractivity contribution in [3.05, 3.63) is 57.8 Å². The standard InChI is InChI=1S/C27H41N3O9/c28-12-14-35-16-18-37-20-22-38-21-19-36-17-15-34-13-4-2-1-3-5-23-6-8-24(9-7-23)29-27(31)25-10-11-26(39-25)30(32)33/h6-11H,1-5,12-22,28H2,(H,29,31). The van der Waals surface area contributed by atoms with E-state index in [1.807, 2.05) is 24.3 Å². The number of benzene rings is 1. The second-order valence-electron chi connectivity index (χ2n) is 8.56. The van der Waals surface area contributed by atoms with Crippen molar-refractivity contribution in [2.45, 2.75) is 32.1 Å². The van der Waals surface area contributed by atoms with Crippen LogP contribution in [0.25, 0.3) is 0 Å². The van der Waals surface area contributed by atoms with Crippen molar-refractivity contribution >= 4 is 17.5 Å². The molecule has 0 radical (unpaired) electrons. The van der Waals surface area contributed by atoms with Crippen LogP contribution in [0.5, 0.6) is 0 Å². The largest absolute Gasteiger partial charge is 0.433 e. The molecule has 0 atom stereocenters. The number of carbonyl (C=O) groups is 1. The Bertz CT molecular complexity index is 921. The molecule has 1 heterocycles. The number of nitrogens with two attached hydrogens (primary N) is 1. The molecule has 0 aliphatic rings. The highest BCUT2D eigenvalue weighted by atomic mass is 16.6. The highest BCUT2D eigenvalue weighted by Gasteiger charge is 2.17. The van der Waals surface area contributed by atoms with Gasteiger partial charge in [-0.2, -0.15) is 0 Å². The van der Waals surface area contributed by atoms with Crippen molar-refractivity contribution in [1.82, 2.24) is 0 Å². The van der Waals surface area contributed by atoms with E-state index in [0.29, 0.717) is 71.7 Å². The fourth-order valence-electron chi connectivity index (χ4n) is 3.45. The molecule has 0 unspecified atom stereocenters. The number of carbonyl (C=O) groups excluding carboxylic acids is 1. The van der Waals surface area contributed by atoms with E-state index in [1.54, 1.807) is 0 Å². The molecule has 12 nitrogen and oxygen atoms in total. The van der Waals surface area contributed by atoms with Gasteiger partial charge in [-0.1, -0.05) is 25.0 Å². The molecule has 3 N–H and O–H groups in total. The summed E-state index contributed by atoms with van der Waals surface area (Å²) in [5.41, 5.74) is 7.10. The van der Waals surface area contributed by atoms with Gasteiger partial charge in [0.05, 0.1) is 65.5 Å². The highest BCUT2D eigenvalue weighted by Crippen LogP contribution is 2.18. The number of hydrogen-bond acceptors (Lipinski definition) is 10. The fourth-order valence-corrected chi connectivity index (χ4v) is 3.45. The summed E-state index contributed by atoms with van der Waals surface area (Å²) in [4.78, 5) is 22.1. The van der Waals surface area contributed by atoms with Gasteiger partial charge in [-0.15, -0.1) is 0 Å². The van der Waals surface area contributed by atoms with Gasteiger partial charge in [0.25, 0.3) is 5.91 Å². The van der Waals surface area contributed by atoms with Crippen molar-refractivity contribution < 1.29 is 37.8 Å². The van der Waals surface area contributed by atoms with Crippen LogP contribution in [0.3, 0.4) is 0 Å². The number of amides is 1. The van der Waals surface area contributed by atoms with E-state index in [4.69, 9.17) is 33.8 Å². The van der Waals surface area contributed by atoms with E-state index in [9.17, 15) is 14.9 Å². The number of nitrogens with zero attached hydrogens (tertiary/aromatic N) is 1. The summed E-state index contributed by atoms with van der Waals surface area (Å²) in [5.74, 6) is -1.10. The summed E-state index contributed by atoms with van der Waals surface area (Å²) in [6, 6.07) is 9.98. The van der Waals surface area contributed by atoms with E-state index in [2.05, 4.69) is 5.32 Å². The first-order valence-electron chi connectivity index (χ1n) is 13.3. The third-order valence-corrected chi connectivity index (χ3v) is 5.46. The molecule has 1 amide bonds. The van der Waals surface area contributed by atoms with Crippen LogP contribution in [-0.2, 0) is 30.1 Å². The third kappa shape index (κ3) is 15.3. The smallest absolute Gasteiger partial charge is 0.395 e. The zero-order valence-corrected chi connectivity index (χ0v) is 22.5. The zero-order chi connectivity index (χ0) is 28.0. The van der Waals surface area contributed by atoms with E-state index < -0.39 is 16.7 Å². The summed E-state index contributed by atoms with van der Waals surface area (Å²) in [6.45, 7) is 6.14. The number of aryl methyl sites for hydroxylation is 1. The molecule has 0 aliphatic carbocycles. The van der Waals surface area contributed by atoms with Gasteiger partial charge in [0.2, 0.25) is 0 Å². The Morgan fingerprint density at radius 3 is 1.82 bits per heavy atom. The molecule has 0 fully saturated rings. The lowest BCUT2D eigenvalue weighted by Crippen LogP contribution is -2.14. The summed E-state index contributed by atoms with van der Waals surface area (Å²) >= 11 is 0. The Morgan fingerprint density at radius 1 is 0.744 bits per heavy atom. The Hall–Kier alpha value is -2.87. The second kappa shape index (κ2) is 21.0. The molecule has 2 rings (SSSR count). The van der Waals surface area contributed by atoms with Gasteiger partial charge in [-0.25, -0.2) is 0 Å². The zero-order valence-electron chi connectivity index (χ0n) is 22.5. The summed E-state index contributed by atoms with van der Waals surface area (Å²) < 4.78 is 32.0. The molecule has 0 spiro atoms. The third-order valence-electron chi connectivity index (χ3n) is 5.46. The minimum atomic E-state index is -0.683. The van der Waals surface area contributed by atoms with E-state index in [-0.39, 0.29) is 5.76 Å². The first kappa shape index (κ1) is 32.3. The molecule has 218 valence electrons. The Labute approximate surface area is 229 Å². The number of rotatable bonds is 24. The highest BCUT2D eigenvalue weighted by molar-refractivity contribution is 6.02. The van der Waals surface area contributed by atoms with Crippen LogP contribution < -0.4 is 11.1 Å². The molecular formula is C27H41N3O9. The Morgan fingerprint density at radius 2 is 1.28 bits per heavy atom. The minimum Gasteiger partial charge on any atom is -0.395 e. The number of nitro groups is 1. The van der Waals surface area contributed by atoms with Gasteiger partial charge in [0.1, 0.15) is 4.92 Å². The van der Waals surface area contributed by atoms with E-state index >= 15 is 0 Å².